The standard InChI is InChI=1S/C9H20N2S/c1-8(2)5-11-4-3-10-9(6-11)7-12/h8-10,12H,3-7H2,1-2H3. The van der Waals surface area contributed by atoms with E-state index in [1.165, 1.54) is 19.6 Å². The number of nitrogens with zero attached hydrogens (tertiary/aromatic N) is 1. The number of piperazine rings is 1. The molecule has 1 aliphatic rings. The van der Waals surface area contributed by atoms with Crippen LogP contribution < -0.4 is 5.32 Å². The van der Waals surface area contributed by atoms with Crippen molar-refractivity contribution in [2.75, 3.05) is 31.9 Å². The molecule has 3 heteroatoms. The summed E-state index contributed by atoms with van der Waals surface area (Å²) in [6.45, 7) is 9.27. The van der Waals surface area contributed by atoms with Crippen LogP contribution in [0.25, 0.3) is 0 Å². The molecule has 1 fully saturated rings. The Morgan fingerprint density at radius 1 is 1.58 bits per heavy atom. The van der Waals surface area contributed by atoms with Gasteiger partial charge in [0.25, 0.3) is 0 Å². The summed E-state index contributed by atoms with van der Waals surface area (Å²) in [7, 11) is 0. The lowest BCUT2D eigenvalue weighted by atomic mass is 10.1. The van der Waals surface area contributed by atoms with Gasteiger partial charge in [-0.3, -0.25) is 0 Å². The Morgan fingerprint density at radius 3 is 2.92 bits per heavy atom. The fourth-order valence-electron chi connectivity index (χ4n) is 1.70. The molecule has 0 aromatic rings. The Morgan fingerprint density at radius 2 is 2.33 bits per heavy atom. The van der Waals surface area contributed by atoms with Crippen molar-refractivity contribution in [3.63, 3.8) is 0 Å². The summed E-state index contributed by atoms with van der Waals surface area (Å²) in [6, 6.07) is 0.598. The molecule has 1 unspecified atom stereocenters. The Labute approximate surface area is 81.1 Å². The lowest BCUT2D eigenvalue weighted by Crippen LogP contribution is -2.52. The molecule has 12 heavy (non-hydrogen) atoms. The molecule has 0 radical (unpaired) electrons. The zero-order chi connectivity index (χ0) is 8.97. The predicted molar refractivity (Wildman–Crippen MR) is 56.9 cm³/mol. The van der Waals surface area contributed by atoms with Gasteiger partial charge in [0.2, 0.25) is 0 Å². The lowest BCUT2D eigenvalue weighted by Gasteiger charge is -2.33. The summed E-state index contributed by atoms with van der Waals surface area (Å²) in [5.41, 5.74) is 0. The summed E-state index contributed by atoms with van der Waals surface area (Å²) in [4.78, 5) is 2.53. The molecular formula is C9H20N2S. The zero-order valence-corrected chi connectivity index (χ0v) is 8.98. The number of thiol groups is 1. The zero-order valence-electron chi connectivity index (χ0n) is 8.08. The van der Waals surface area contributed by atoms with Gasteiger partial charge in [0.1, 0.15) is 0 Å². The van der Waals surface area contributed by atoms with Crippen molar-refractivity contribution in [2.24, 2.45) is 5.92 Å². The average Bonchev–Trinajstić information content (AvgIpc) is 2.03. The van der Waals surface area contributed by atoms with Gasteiger partial charge in [0.05, 0.1) is 0 Å². The first-order valence-corrected chi connectivity index (χ1v) is 5.42. The summed E-state index contributed by atoms with van der Waals surface area (Å²) in [6.07, 6.45) is 0. The Kier molecular flexibility index (Phi) is 4.40. The van der Waals surface area contributed by atoms with Crippen molar-refractivity contribution >= 4 is 12.6 Å². The molecular weight excluding hydrogens is 168 g/mol. The molecule has 0 saturated carbocycles. The molecule has 0 spiro atoms. The minimum absolute atomic E-state index is 0.598. The van der Waals surface area contributed by atoms with Gasteiger partial charge in [-0.25, -0.2) is 0 Å². The number of hydrogen-bond acceptors (Lipinski definition) is 3. The molecule has 0 aromatic carbocycles. The topological polar surface area (TPSA) is 15.3 Å². The lowest BCUT2D eigenvalue weighted by molar-refractivity contribution is 0.189. The van der Waals surface area contributed by atoms with Gasteiger partial charge in [0.15, 0.2) is 0 Å². The van der Waals surface area contributed by atoms with Gasteiger partial charge < -0.3 is 10.2 Å². The van der Waals surface area contributed by atoms with Crippen molar-refractivity contribution in [1.82, 2.24) is 10.2 Å². The van der Waals surface area contributed by atoms with Crippen molar-refractivity contribution < 1.29 is 0 Å². The van der Waals surface area contributed by atoms with Crippen LogP contribution in [0.5, 0.6) is 0 Å². The minimum Gasteiger partial charge on any atom is -0.311 e. The highest BCUT2D eigenvalue weighted by Gasteiger charge is 2.17. The minimum atomic E-state index is 0.598. The van der Waals surface area contributed by atoms with Crippen molar-refractivity contribution in [1.29, 1.82) is 0 Å². The van der Waals surface area contributed by atoms with E-state index in [4.69, 9.17) is 0 Å². The van der Waals surface area contributed by atoms with E-state index in [1.54, 1.807) is 0 Å². The highest BCUT2D eigenvalue weighted by atomic mass is 32.1. The first kappa shape index (κ1) is 10.4. The average molecular weight is 188 g/mol. The second kappa shape index (κ2) is 5.10. The first-order valence-electron chi connectivity index (χ1n) is 4.79. The molecule has 1 N–H and O–H groups in total. The first-order chi connectivity index (χ1) is 5.72. The molecule has 72 valence electrons. The van der Waals surface area contributed by atoms with Crippen molar-refractivity contribution in [3.05, 3.63) is 0 Å². The van der Waals surface area contributed by atoms with Gasteiger partial charge in [0, 0.05) is 38.0 Å². The van der Waals surface area contributed by atoms with Gasteiger partial charge in [-0.1, -0.05) is 13.8 Å². The third-order valence-corrected chi connectivity index (χ3v) is 2.62. The molecule has 2 nitrogen and oxygen atoms in total. The Hall–Kier alpha value is 0.270. The van der Waals surface area contributed by atoms with Crippen molar-refractivity contribution in [3.8, 4) is 0 Å². The molecule has 1 atom stereocenters. The summed E-state index contributed by atoms with van der Waals surface area (Å²) < 4.78 is 0. The van der Waals surface area contributed by atoms with E-state index in [0.717, 1.165) is 18.2 Å². The molecule has 1 aliphatic heterocycles. The van der Waals surface area contributed by atoms with Gasteiger partial charge in [-0.05, 0) is 5.92 Å². The fourth-order valence-corrected chi connectivity index (χ4v) is 1.94. The van der Waals surface area contributed by atoms with Crippen LogP contribution >= 0.6 is 12.6 Å². The van der Waals surface area contributed by atoms with E-state index in [-0.39, 0.29) is 0 Å². The summed E-state index contributed by atoms with van der Waals surface area (Å²) >= 11 is 4.31. The third-order valence-electron chi connectivity index (χ3n) is 2.18. The monoisotopic (exact) mass is 188 g/mol. The molecule has 0 bridgehead atoms. The third kappa shape index (κ3) is 3.33. The molecule has 1 rings (SSSR count). The van der Waals surface area contributed by atoms with E-state index in [2.05, 4.69) is 36.7 Å². The Bertz CT molecular complexity index is 128. The largest absolute Gasteiger partial charge is 0.311 e. The Balaban J connectivity index is 2.25. The van der Waals surface area contributed by atoms with E-state index in [1.807, 2.05) is 0 Å². The fraction of sp³-hybridized carbons (Fsp3) is 1.00. The summed E-state index contributed by atoms with van der Waals surface area (Å²) in [5.74, 6) is 1.73. The van der Waals surface area contributed by atoms with Crippen LogP contribution in [-0.2, 0) is 0 Å². The van der Waals surface area contributed by atoms with Crippen LogP contribution in [0, 0.1) is 5.92 Å². The molecule has 0 amide bonds. The van der Waals surface area contributed by atoms with Gasteiger partial charge >= 0.3 is 0 Å². The summed E-state index contributed by atoms with van der Waals surface area (Å²) in [5, 5.41) is 3.45. The number of rotatable bonds is 3. The highest BCUT2D eigenvalue weighted by molar-refractivity contribution is 7.80. The smallest absolute Gasteiger partial charge is 0.0283 e. The van der Waals surface area contributed by atoms with Gasteiger partial charge in [-0.2, -0.15) is 12.6 Å². The van der Waals surface area contributed by atoms with E-state index >= 15 is 0 Å². The van der Waals surface area contributed by atoms with E-state index < -0.39 is 0 Å². The molecule has 0 aromatic heterocycles. The quantitative estimate of drug-likeness (QED) is 0.638. The number of hydrogen-bond donors (Lipinski definition) is 2. The molecule has 1 saturated heterocycles. The van der Waals surface area contributed by atoms with Crippen LogP contribution in [0.1, 0.15) is 13.8 Å². The second-order valence-corrected chi connectivity index (χ2v) is 4.35. The van der Waals surface area contributed by atoms with Gasteiger partial charge in [-0.15, -0.1) is 0 Å². The molecule has 0 aliphatic carbocycles. The maximum atomic E-state index is 4.31. The van der Waals surface area contributed by atoms with Crippen molar-refractivity contribution in [2.45, 2.75) is 19.9 Å². The normalized spacial score (nSPS) is 26.5. The van der Waals surface area contributed by atoms with E-state index in [9.17, 15) is 0 Å². The highest BCUT2D eigenvalue weighted by Crippen LogP contribution is 2.04. The maximum absolute atomic E-state index is 4.31. The molecule has 1 heterocycles. The van der Waals surface area contributed by atoms with E-state index in [0.29, 0.717) is 6.04 Å². The SMILES string of the molecule is CC(C)CN1CCNC(CS)C1. The van der Waals surface area contributed by atoms with Crippen LogP contribution in [-0.4, -0.2) is 42.9 Å². The van der Waals surface area contributed by atoms with Crippen LogP contribution in [0.3, 0.4) is 0 Å². The van der Waals surface area contributed by atoms with Crippen LogP contribution in [0.4, 0.5) is 0 Å². The number of nitrogens with one attached hydrogen (secondary N) is 1. The van der Waals surface area contributed by atoms with Crippen LogP contribution in [0.2, 0.25) is 0 Å². The second-order valence-electron chi connectivity index (χ2n) is 3.99. The maximum Gasteiger partial charge on any atom is 0.0283 e. The van der Waals surface area contributed by atoms with Crippen LogP contribution in [0.15, 0.2) is 0 Å². The predicted octanol–water partition coefficient (Wildman–Crippen LogP) is 0.846.